The number of rotatable bonds is 7. The second kappa shape index (κ2) is 8.57. The Morgan fingerprint density at radius 2 is 2.12 bits per heavy atom. The molecule has 1 aromatic carbocycles. The molecule has 1 aromatic heterocycles. The Labute approximate surface area is 143 Å². The van der Waals surface area contributed by atoms with Crippen LogP contribution in [0, 0.1) is 13.8 Å². The molecule has 1 unspecified atom stereocenters. The number of anilines is 1. The Balaban J connectivity index is 2.07. The van der Waals surface area contributed by atoms with E-state index in [1.807, 2.05) is 56.0 Å². The van der Waals surface area contributed by atoms with E-state index in [-0.39, 0.29) is 18.6 Å². The summed E-state index contributed by atoms with van der Waals surface area (Å²) in [5.74, 6) is -0.0840. The molecule has 5 heteroatoms. The van der Waals surface area contributed by atoms with Crippen molar-refractivity contribution in [3.8, 4) is 0 Å². The molecule has 0 bridgehead atoms. The van der Waals surface area contributed by atoms with Crippen LogP contribution in [0.3, 0.4) is 0 Å². The normalized spacial score (nSPS) is 12.2. The number of nitrogens with one attached hydrogen (secondary N) is 1. The van der Waals surface area contributed by atoms with E-state index in [4.69, 9.17) is 0 Å². The highest BCUT2D eigenvalue weighted by molar-refractivity contribution is 5.95. The van der Waals surface area contributed by atoms with Gasteiger partial charge >= 0.3 is 0 Å². The van der Waals surface area contributed by atoms with E-state index in [0.717, 1.165) is 22.4 Å². The molecule has 5 nitrogen and oxygen atoms in total. The van der Waals surface area contributed by atoms with Crippen LogP contribution in [0.2, 0.25) is 0 Å². The van der Waals surface area contributed by atoms with Crippen LogP contribution < -0.4 is 5.32 Å². The summed E-state index contributed by atoms with van der Waals surface area (Å²) in [6.07, 6.45) is 3.50. The van der Waals surface area contributed by atoms with E-state index in [1.165, 1.54) is 0 Å². The maximum Gasteiger partial charge on any atom is 0.241 e. The number of aryl methyl sites for hydroxylation is 2. The van der Waals surface area contributed by atoms with E-state index < -0.39 is 0 Å². The minimum atomic E-state index is -0.363. The van der Waals surface area contributed by atoms with E-state index >= 15 is 0 Å². The lowest BCUT2D eigenvalue weighted by Gasteiger charge is -2.27. The van der Waals surface area contributed by atoms with Crippen LogP contribution in [0.4, 0.5) is 5.69 Å². The summed E-state index contributed by atoms with van der Waals surface area (Å²) in [4.78, 5) is 18.6. The highest BCUT2D eigenvalue weighted by Crippen LogP contribution is 2.17. The second-order valence-electron chi connectivity index (χ2n) is 6.04. The summed E-state index contributed by atoms with van der Waals surface area (Å²) in [6, 6.07) is 9.42. The van der Waals surface area contributed by atoms with Crippen molar-refractivity contribution >= 4 is 11.6 Å². The standard InChI is InChI=1S/C19H25N3O2/c1-14-6-7-18(15(2)11-14)21-19(24)16(3)22(9-10-23)13-17-5-4-8-20-12-17/h4-8,11-12,16,23H,9-10,13H2,1-3H3,(H,21,24). The summed E-state index contributed by atoms with van der Waals surface area (Å²) in [5.41, 5.74) is 4.04. The zero-order chi connectivity index (χ0) is 17.5. The van der Waals surface area contributed by atoms with Gasteiger partial charge in [0.1, 0.15) is 0 Å². The Kier molecular flexibility index (Phi) is 6.46. The van der Waals surface area contributed by atoms with Crippen LogP contribution in [-0.2, 0) is 11.3 Å². The van der Waals surface area contributed by atoms with Gasteiger partial charge < -0.3 is 10.4 Å². The molecule has 0 saturated heterocycles. The molecule has 2 aromatic rings. The Morgan fingerprint density at radius 1 is 1.33 bits per heavy atom. The van der Waals surface area contributed by atoms with Crippen molar-refractivity contribution in [2.24, 2.45) is 0 Å². The first-order chi connectivity index (χ1) is 11.5. The lowest BCUT2D eigenvalue weighted by molar-refractivity contribution is -0.121. The van der Waals surface area contributed by atoms with Crippen molar-refractivity contribution in [1.29, 1.82) is 0 Å². The molecular weight excluding hydrogens is 302 g/mol. The number of carbonyl (C=O) groups is 1. The zero-order valence-corrected chi connectivity index (χ0v) is 14.5. The number of hydrogen-bond acceptors (Lipinski definition) is 4. The van der Waals surface area contributed by atoms with Gasteiger partial charge in [0.25, 0.3) is 0 Å². The molecule has 0 aliphatic heterocycles. The Hall–Kier alpha value is -2.24. The van der Waals surface area contributed by atoms with E-state index in [9.17, 15) is 9.90 Å². The average molecular weight is 327 g/mol. The minimum absolute atomic E-state index is 0.00143. The molecule has 1 heterocycles. The molecule has 0 spiro atoms. The van der Waals surface area contributed by atoms with Gasteiger partial charge in [-0.05, 0) is 44.0 Å². The number of benzene rings is 1. The molecule has 1 amide bonds. The highest BCUT2D eigenvalue weighted by atomic mass is 16.3. The molecule has 2 rings (SSSR count). The molecule has 2 N–H and O–H groups in total. The van der Waals surface area contributed by atoms with Crippen molar-refractivity contribution in [2.75, 3.05) is 18.5 Å². The first-order valence-electron chi connectivity index (χ1n) is 8.13. The topological polar surface area (TPSA) is 65.5 Å². The van der Waals surface area contributed by atoms with Crippen molar-refractivity contribution in [3.05, 3.63) is 59.4 Å². The number of carbonyl (C=O) groups excluding carboxylic acids is 1. The SMILES string of the molecule is Cc1ccc(NC(=O)C(C)N(CCO)Cc2cccnc2)c(C)c1. The highest BCUT2D eigenvalue weighted by Gasteiger charge is 2.21. The smallest absolute Gasteiger partial charge is 0.241 e. The molecule has 1 atom stereocenters. The van der Waals surface area contributed by atoms with Crippen LogP contribution in [0.15, 0.2) is 42.7 Å². The fourth-order valence-corrected chi connectivity index (χ4v) is 2.62. The van der Waals surface area contributed by atoms with Gasteiger partial charge in [-0.15, -0.1) is 0 Å². The number of pyridine rings is 1. The molecule has 0 aliphatic rings. The lowest BCUT2D eigenvalue weighted by Crippen LogP contribution is -2.43. The van der Waals surface area contributed by atoms with Crippen LogP contribution in [-0.4, -0.2) is 40.1 Å². The molecule has 128 valence electrons. The minimum Gasteiger partial charge on any atom is -0.395 e. The van der Waals surface area contributed by atoms with E-state index in [0.29, 0.717) is 13.1 Å². The summed E-state index contributed by atoms with van der Waals surface area (Å²) in [6.45, 7) is 6.85. The van der Waals surface area contributed by atoms with Crippen molar-refractivity contribution in [2.45, 2.75) is 33.4 Å². The molecule has 0 radical (unpaired) electrons. The predicted molar refractivity (Wildman–Crippen MR) is 95.7 cm³/mol. The quantitative estimate of drug-likeness (QED) is 0.820. The van der Waals surface area contributed by atoms with Crippen LogP contribution in [0.1, 0.15) is 23.6 Å². The zero-order valence-electron chi connectivity index (χ0n) is 14.5. The van der Waals surface area contributed by atoms with Gasteiger partial charge in [-0.1, -0.05) is 23.8 Å². The number of aromatic nitrogens is 1. The summed E-state index contributed by atoms with van der Waals surface area (Å²) in [7, 11) is 0. The largest absolute Gasteiger partial charge is 0.395 e. The predicted octanol–water partition coefficient (Wildman–Crippen LogP) is 2.52. The number of aliphatic hydroxyl groups is 1. The second-order valence-corrected chi connectivity index (χ2v) is 6.04. The van der Waals surface area contributed by atoms with Gasteiger partial charge in [-0.2, -0.15) is 0 Å². The number of aliphatic hydroxyl groups excluding tert-OH is 1. The van der Waals surface area contributed by atoms with Gasteiger partial charge in [0, 0.05) is 31.2 Å². The fraction of sp³-hybridized carbons (Fsp3) is 0.368. The molecule has 0 saturated carbocycles. The van der Waals surface area contributed by atoms with Crippen molar-refractivity contribution in [3.63, 3.8) is 0 Å². The van der Waals surface area contributed by atoms with Crippen LogP contribution in [0.25, 0.3) is 0 Å². The summed E-state index contributed by atoms with van der Waals surface area (Å²) in [5, 5.41) is 12.3. The van der Waals surface area contributed by atoms with Gasteiger partial charge in [-0.3, -0.25) is 14.7 Å². The average Bonchev–Trinajstić information content (AvgIpc) is 2.57. The molecule has 0 aliphatic carbocycles. The van der Waals surface area contributed by atoms with Gasteiger partial charge in [-0.25, -0.2) is 0 Å². The van der Waals surface area contributed by atoms with Crippen molar-refractivity contribution in [1.82, 2.24) is 9.88 Å². The summed E-state index contributed by atoms with van der Waals surface area (Å²) >= 11 is 0. The van der Waals surface area contributed by atoms with Crippen molar-refractivity contribution < 1.29 is 9.90 Å². The van der Waals surface area contributed by atoms with Gasteiger partial charge in [0.05, 0.1) is 12.6 Å². The lowest BCUT2D eigenvalue weighted by atomic mass is 10.1. The van der Waals surface area contributed by atoms with Gasteiger partial charge in [0.15, 0.2) is 0 Å². The first-order valence-corrected chi connectivity index (χ1v) is 8.13. The maximum atomic E-state index is 12.6. The number of nitrogens with zero attached hydrogens (tertiary/aromatic N) is 2. The third kappa shape index (κ3) is 4.88. The van der Waals surface area contributed by atoms with E-state index in [2.05, 4.69) is 10.3 Å². The Bertz CT molecular complexity index is 674. The van der Waals surface area contributed by atoms with E-state index in [1.54, 1.807) is 12.4 Å². The molecule has 24 heavy (non-hydrogen) atoms. The molecular formula is C19H25N3O2. The van der Waals surface area contributed by atoms with Crippen LogP contribution in [0.5, 0.6) is 0 Å². The number of hydrogen-bond donors (Lipinski definition) is 2. The first kappa shape index (κ1) is 18.1. The fourth-order valence-electron chi connectivity index (χ4n) is 2.62. The van der Waals surface area contributed by atoms with Gasteiger partial charge in [0.2, 0.25) is 5.91 Å². The van der Waals surface area contributed by atoms with Crippen LogP contribution >= 0.6 is 0 Å². The third-order valence-corrected chi connectivity index (χ3v) is 4.06. The molecule has 0 fully saturated rings. The number of amides is 1. The third-order valence-electron chi connectivity index (χ3n) is 4.06. The summed E-state index contributed by atoms with van der Waals surface area (Å²) < 4.78 is 0. The maximum absolute atomic E-state index is 12.6. The Morgan fingerprint density at radius 3 is 2.75 bits per heavy atom. The monoisotopic (exact) mass is 327 g/mol.